The average molecular weight is 358 g/mol. The Morgan fingerprint density at radius 2 is 2.00 bits per heavy atom. The molecule has 0 fully saturated rings. The summed E-state index contributed by atoms with van der Waals surface area (Å²) >= 11 is 0. The van der Waals surface area contributed by atoms with Crippen molar-refractivity contribution in [1.82, 2.24) is 9.71 Å². The number of hydrogen-bond acceptors (Lipinski definition) is 2. The normalized spacial score (nSPS) is 17.6. The molecule has 4 rings (SSSR count). The van der Waals surface area contributed by atoms with Gasteiger partial charge in [-0.05, 0) is 56.0 Å². The molecule has 0 bridgehead atoms. The van der Waals surface area contributed by atoms with E-state index in [1.54, 1.807) is 0 Å². The molecule has 0 amide bonds. The fourth-order valence-electron chi connectivity index (χ4n) is 3.61. The van der Waals surface area contributed by atoms with Crippen molar-refractivity contribution < 1.29 is 12.8 Å². The molecular weight excluding hydrogens is 339 g/mol. The molecule has 2 N–H and O–H groups in total. The van der Waals surface area contributed by atoms with Gasteiger partial charge in [-0.25, -0.2) is 17.5 Å². The Hall–Kier alpha value is -2.18. The molecular formula is C19H19FN2O2S. The summed E-state index contributed by atoms with van der Waals surface area (Å²) in [5, 5.41) is 1.14. The Labute approximate surface area is 146 Å². The number of aryl methyl sites for hydroxylation is 2. The summed E-state index contributed by atoms with van der Waals surface area (Å²) in [5.74, 6) is -0.738. The van der Waals surface area contributed by atoms with E-state index in [-0.39, 0.29) is 10.9 Å². The van der Waals surface area contributed by atoms with E-state index in [4.69, 9.17) is 0 Å². The highest BCUT2D eigenvalue weighted by molar-refractivity contribution is 7.89. The van der Waals surface area contributed by atoms with E-state index in [2.05, 4.69) is 15.8 Å². The largest absolute Gasteiger partial charge is 0.357 e. The first-order valence-electron chi connectivity index (χ1n) is 8.34. The lowest BCUT2D eigenvalue weighted by Gasteiger charge is -2.23. The van der Waals surface area contributed by atoms with Crippen molar-refractivity contribution in [3.05, 3.63) is 65.1 Å². The van der Waals surface area contributed by atoms with E-state index < -0.39 is 15.8 Å². The maximum absolute atomic E-state index is 13.9. The van der Waals surface area contributed by atoms with E-state index in [1.165, 1.54) is 23.8 Å². The highest BCUT2D eigenvalue weighted by atomic mass is 32.2. The Bertz CT molecular complexity index is 1060. The van der Waals surface area contributed by atoms with Gasteiger partial charge >= 0.3 is 0 Å². The van der Waals surface area contributed by atoms with Crippen LogP contribution in [0, 0.1) is 12.7 Å². The molecule has 1 unspecified atom stereocenters. The van der Waals surface area contributed by atoms with Gasteiger partial charge < -0.3 is 4.98 Å². The third-order valence-electron chi connectivity index (χ3n) is 4.79. The molecule has 0 radical (unpaired) electrons. The van der Waals surface area contributed by atoms with Crippen LogP contribution in [0.1, 0.15) is 35.7 Å². The number of halogens is 1. The standard InChI is InChI=1S/C19H19FN2O2S/c1-12-9-10-16-14(11-12)13-5-4-7-17(19(13)21-16)22-25(23,24)18-8-3-2-6-15(18)20/h2-3,6,8-11,17,21-22H,4-5,7H2,1H3. The zero-order valence-corrected chi connectivity index (χ0v) is 14.7. The van der Waals surface area contributed by atoms with Crippen LogP contribution in [-0.2, 0) is 16.4 Å². The minimum absolute atomic E-state index is 0.311. The molecule has 4 nitrogen and oxygen atoms in total. The maximum Gasteiger partial charge on any atom is 0.244 e. The van der Waals surface area contributed by atoms with Crippen LogP contribution >= 0.6 is 0 Å². The summed E-state index contributed by atoms with van der Waals surface area (Å²) in [4.78, 5) is 3.05. The van der Waals surface area contributed by atoms with Crippen molar-refractivity contribution in [2.45, 2.75) is 37.1 Å². The number of rotatable bonds is 3. The fourth-order valence-corrected chi connectivity index (χ4v) is 4.93. The number of nitrogens with one attached hydrogen (secondary N) is 2. The molecule has 0 spiro atoms. The molecule has 6 heteroatoms. The molecule has 25 heavy (non-hydrogen) atoms. The van der Waals surface area contributed by atoms with Gasteiger partial charge in [0.15, 0.2) is 0 Å². The smallest absolute Gasteiger partial charge is 0.244 e. The second-order valence-electron chi connectivity index (χ2n) is 6.56. The summed E-state index contributed by atoms with van der Waals surface area (Å²) in [6, 6.07) is 11.2. The lowest BCUT2D eigenvalue weighted by molar-refractivity contribution is 0.496. The molecule has 0 aliphatic heterocycles. The van der Waals surface area contributed by atoms with Gasteiger partial charge in [-0.1, -0.05) is 23.8 Å². The lowest BCUT2D eigenvalue weighted by Crippen LogP contribution is -2.31. The van der Waals surface area contributed by atoms with Crippen LogP contribution in [0.15, 0.2) is 47.4 Å². The molecule has 130 valence electrons. The van der Waals surface area contributed by atoms with Gasteiger partial charge in [0.05, 0.1) is 6.04 Å². The monoisotopic (exact) mass is 358 g/mol. The second kappa shape index (κ2) is 5.97. The van der Waals surface area contributed by atoms with Crippen molar-refractivity contribution >= 4 is 20.9 Å². The minimum Gasteiger partial charge on any atom is -0.357 e. The molecule has 0 saturated carbocycles. The molecule has 1 aliphatic rings. The quantitative estimate of drug-likeness (QED) is 0.744. The van der Waals surface area contributed by atoms with Gasteiger partial charge in [0.2, 0.25) is 10.0 Å². The molecule has 1 aliphatic carbocycles. The van der Waals surface area contributed by atoms with Crippen LogP contribution in [0.5, 0.6) is 0 Å². The van der Waals surface area contributed by atoms with Crippen molar-refractivity contribution in [2.24, 2.45) is 0 Å². The van der Waals surface area contributed by atoms with Crippen LogP contribution in [-0.4, -0.2) is 13.4 Å². The number of aromatic nitrogens is 1. The number of benzene rings is 2. The van der Waals surface area contributed by atoms with E-state index in [0.29, 0.717) is 6.42 Å². The Morgan fingerprint density at radius 3 is 2.80 bits per heavy atom. The zero-order chi connectivity index (χ0) is 17.6. The third kappa shape index (κ3) is 2.85. The Kier molecular flexibility index (Phi) is 3.89. The van der Waals surface area contributed by atoms with Gasteiger partial charge in [-0.15, -0.1) is 0 Å². The predicted octanol–water partition coefficient (Wildman–Crippen LogP) is 3.97. The Morgan fingerprint density at radius 1 is 1.20 bits per heavy atom. The minimum atomic E-state index is -3.92. The first-order chi connectivity index (χ1) is 12.0. The van der Waals surface area contributed by atoms with Crippen molar-refractivity contribution in [2.75, 3.05) is 0 Å². The molecule has 1 heterocycles. The predicted molar refractivity (Wildman–Crippen MR) is 95.4 cm³/mol. The van der Waals surface area contributed by atoms with Gasteiger partial charge in [0, 0.05) is 16.6 Å². The number of sulfonamides is 1. The summed E-state index contributed by atoms with van der Waals surface area (Å²) in [6.07, 6.45) is 2.49. The van der Waals surface area contributed by atoms with Crippen LogP contribution in [0.3, 0.4) is 0 Å². The third-order valence-corrected chi connectivity index (χ3v) is 6.29. The van der Waals surface area contributed by atoms with Gasteiger partial charge in [-0.3, -0.25) is 0 Å². The molecule has 0 saturated heterocycles. The SMILES string of the molecule is Cc1ccc2[nH]c3c(c2c1)CCCC3NS(=O)(=O)c1ccccc1F. The van der Waals surface area contributed by atoms with E-state index in [1.807, 2.05) is 19.1 Å². The van der Waals surface area contributed by atoms with Crippen LogP contribution < -0.4 is 4.72 Å². The first-order valence-corrected chi connectivity index (χ1v) is 9.82. The maximum atomic E-state index is 13.9. The number of aromatic amines is 1. The van der Waals surface area contributed by atoms with Crippen molar-refractivity contribution in [3.8, 4) is 0 Å². The summed E-state index contributed by atoms with van der Waals surface area (Å²) in [5.41, 5.74) is 4.23. The van der Waals surface area contributed by atoms with Crippen molar-refractivity contribution in [3.63, 3.8) is 0 Å². The first kappa shape index (κ1) is 16.3. The Balaban J connectivity index is 1.74. The summed E-state index contributed by atoms with van der Waals surface area (Å²) in [7, 11) is -3.92. The van der Waals surface area contributed by atoms with E-state index >= 15 is 0 Å². The molecule has 2 aromatic carbocycles. The number of fused-ring (bicyclic) bond motifs is 3. The number of hydrogen-bond donors (Lipinski definition) is 2. The number of H-pyrrole nitrogens is 1. The zero-order valence-electron chi connectivity index (χ0n) is 13.8. The molecule has 1 atom stereocenters. The van der Waals surface area contributed by atoms with E-state index in [9.17, 15) is 12.8 Å². The average Bonchev–Trinajstić information content (AvgIpc) is 2.94. The fraction of sp³-hybridized carbons (Fsp3) is 0.263. The summed E-state index contributed by atoms with van der Waals surface area (Å²) in [6.45, 7) is 2.04. The highest BCUT2D eigenvalue weighted by Crippen LogP contribution is 2.36. The van der Waals surface area contributed by atoms with E-state index in [0.717, 1.165) is 41.1 Å². The van der Waals surface area contributed by atoms with Gasteiger partial charge in [-0.2, -0.15) is 0 Å². The molecule has 1 aromatic heterocycles. The second-order valence-corrected chi connectivity index (χ2v) is 8.25. The topological polar surface area (TPSA) is 62.0 Å². The van der Waals surface area contributed by atoms with Crippen LogP contribution in [0.2, 0.25) is 0 Å². The lowest BCUT2D eigenvalue weighted by atomic mass is 9.92. The summed E-state index contributed by atoms with van der Waals surface area (Å²) < 4.78 is 41.9. The van der Waals surface area contributed by atoms with Gasteiger partial charge in [0.1, 0.15) is 10.7 Å². The van der Waals surface area contributed by atoms with Gasteiger partial charge in [0.25, 0.3) is 0 Å². The van der Waals surface area contributed by atoms with Crippen LogP contribution in [0.25, 0.3) is 10.9 Å². The van der Waals surface area contributed by atoms with Crippen LogP contribution in [0.4, 0.5) is 4.39 Å². The van der Waals surface area contributed by atoms with Crippen molar-refractivity contribution in [1.29, 1.82) is 0 Å². The highest BCUT2D eigenvalue weighted by Gasteiger charge is 2.29. The molecule has 3 aromatic rings.